The Morgan fingerprint density at radius 3 is 2.70 bits per heavy atom. The van der Waals surface area contributed by atoms with Gasteiger partial charge in [-0.25, -0.2) is 14.8 Å². The van der Waals surface area contributed by atoms with Crippen LogP contribution in [0.25, 0.3) is 16.1 Å². The zero-order valence-electron chi connectivity index (χ0n) is 14.6. The lowest BCUT2D eigenvalue weighted by Gasteiger charge is -2.05. The number of nitrogens with one attached hydrogen (secondary N) is 1. The van der Waals surface area contributed by atoms with Gasteiger partial charge < -0.3 is 9.67 Å². The van der Waals surface area contributed by atoms with Crippen LogP contribution in [-0.2, 0) is 24.3 Å². The molecule has 0 bridgehead atoms. The number of carbonyl (C=O) groups is 1. The van der Waals surface area contributed by atoms with Gasteiger partial charge in [0.1, 0.15) is 12.4 Å². The van der Waals surface area contributed by atoms with Gasteiger partial charge in [-0.05, 0) is 13.8 Å². The van der Waals surface area contributed by atoms with E-state index in [1.165, 1.54) is 9.13 Å². The van der Waals surface area contributed by atoms with Gasteiger partial charge in [-0.1, -0.05) is 0 Å². The number of carboxylic acid groups (broad SMARTS) is 1. The summed E-state index contributed by atoms with van der Waals surface area (Å²) in [5.41, 5.74) is -0.268. The molecule has 4 rings (SSSR count). The van der Waals surface area contributed by atoms with E-state index in [9.17, 15) is 19.5 Å². The number of carboxylic acids is 1. The Labute approximate surface area is 155 Å². The number of imidazole rings is 2. The maximum absolute atomic E-state index is 12.3. The third-order valence-corrected chi connectivity index (χ3v) is 5.15. The second-order valence-electron chi connectivity index (χ2n) is 6.12. The molecule has 0 radical (unpaired) electrons. The molecule has 0 atom stereocenters. The molecule has 10 nitrogen and oxygen atoms in total. The van der Waals surface area contributed by atoms with Crippen molar-refractivity contribution in [2.45, 2.75) is 33.4 Å². The van der Waals surface area contributed by atoms with Gasteiger partial charge in [0.05, 0.1) is 12.1 Å². The average Bonchev–Trinajstić information content (AvgIpc) is 3.19. The normalized spacial score (nSPS) is 11.6. The molecule has 4 aromatic heterocycles. The number of nitrogens with zero attached hydrogens (tertiary/aromatic N) is 5. The fourth-order valence-electron chi connectivity index (χ4n) is 3.16. The summed E-state index contributed by atoms with van der Waals surface area (Å²) in [4.78, 5) is 48.8. The average molecular weight is 388 g/mol. The largest absolute Gasteiger partial charge is 0.480 e. The molecule has 0 aromatic carbocycles. The Balaban J connectivity index is 1.91. The van der Waals surface area contributed by atoms with Crippen molar-refractivity contribution in [2.75, 3.05) is 0 Å². The van der Waals surface area contributed by atoms with Gasteiger partial charge in [-0.15, -0.1) is 11.3 Å². The van der Waals surface area contributed by atoms with E-state index >= 15 is 0 Å². The van der Waals surface area contributed by atoms with Crippen LogP contribution in [0.3, 0.4) is 0 Å². The maximum Gasteiger partial charge on any atom is 0.330 e. The number of aryl methyl sites for hydroxylation is 2. The molecule has 0 aliphatic rings. The van der Waals surface area contributed by atoms with E-state index < -0.39 is 23.8 Å². The maximum atomic E-state index is 12.3. The number of hydrogen-bond donors (Lipinski definition) is 2. The summed E-state index contributed by atoms with van der Waals surface area (Å²) >= 11 is 1.54. The summed E-state index contributed by atoms with van der Waals surface area (Å²) in [6.07, 6.45) is 4.04. The third kappa shape index (κ3) is 2.85. The lowest BCUT2D eigenvalue weighted by Crippen LogP contribution is -2.31. The van der Waals surface area contributed by atoms with Crippen LogP contribution in [0.5, 0.6) is 0 Å². The molecular formula is C16H16N6O4S. The minimum absolute atomic E-state index is 0.0747. The van der Waals surface area contributed by atoms with Crippen molar-refractivity contribution in [3.8, 4) is 0 Å². The van der Waals surface area contributed by atoms with Gasteiger partial charge in [0.25, 0.3) is 5.56 Å². The van der Waals surface area contributed by atoms with Crippen molar-refractivity contribution >= 4 is 33.4 Å². The second kappa shape index (κ2) is 6.20. The van der Waals surface area contributed by atoms with Crippen LogP contribution in [0.15, 0.2) is 22.0 Å². The van der Waals surface area contributed by atoms with Crippen molar-refractivity contribution in [2.24, 2.45) is 0 Å². The SMILES string of the molecule is CCn1c(=O)[nH]c(=O)c2c1nc(Cc1cn3cc(C)sc3n1)n2CC(=O)O. The number of thiazole rings is 1. The first-order chi connectivity index (χ1) is 12.9. The molecule has 0 unspecified atom stereocenters. The minimum Gasteiger partial charge on any atom is -0.480 e. The summed E-state index contributed by atoms with van der Waals surface area (Å²) in [5, 5.41) is 9.27. The Morgan fingerprint density at radius 1 is 1.26 bits per heavy atom. The molecule has 27 heavy (non-hydrogen) atoms. The third-order valence-electron chi connectivity index (χ3n) is 4.23. The van der Waals surface area contributed by atoms with Gasteiger partial charge in [-0.3, -0.25) is 23.5 Å². The molecule has 0 spiro atoms. The predicted molar refractivity (Wildman–Crippen MR) is 98.5 cm³/mol. The van der Waals surface area contributed by atoms with E-state index in [1.54, 1.807) is 18.3 Å². The van der Waals surface area contributed by atoms with Gasteiger partial charge in [0, 0.05) is 23.8 Å². The summed E-state index contributed by atoms with van der Waals surface area (Å²) < 4.78 is 4.54. The monoisotopic (exact) mass is 388 g/mol. The van der Waals surface area contributed by atoms with Crippen LogP contribution in [0, 0.1) is 6.92 Å². The fraction of sp³-hybridized carbons (Fsp3) is 0.312. The van der Waals surface area contributed by atoms with Crippen molar-refractivity contribution in [1.82, 2.24) is 28.5 Å². The summed E-state index contributed by atoms with van der Waals surface area (Å²) in [7, 11) is 0. The molecule has 140 valence electrons. The smallest absolute Gasteiger partial charge is 0.330 e. The molecule has 0 saturated carbocycles. The van der Waals surface area contributed by atoms with E-state index in [0.717, 1.165) is 9.84 Å². The summed E-state index contributed by atoms with van der Waals surface area (Å²) in [6.45, 7) is 3.61. The summed E-state index contributed by atoms with van der Waals surface area (Å²) in [5.74, 6) is -0.737. The van der Waals surface area contributed by atoms with Crippen molar-refractivity contribution < 1.29 is 9.90 Å². The van der Waals surface area contributed by atoms with Gasteiger partial charge >= 0.3 is 11.7 Å². The molecule has 2 N–H and O–H groups in total. The highest BCUT2D eigenvalue weighted by Crippen LogP contribution is 2.19. The van der Waals surface area contributed by atoms with Crippen molar-refractivity contribution in [3.05, 3.63) is 49.6 Å². The highest BCUT2D eigenvalue weighted by molar-refractivity contribution is 7.16. The number of aromatic nitrogens is 6. The number of aromatic amines is 1. The molecule has 0 aliphatic heterocycles. The Morgan fingerprint density at radius 2 is 2.04 bits per heavy atom. The quantitative estimate of drug-likeness (QED) is 0.515. The molecule has 0 aliphatic carbocycles. The first-order valence-corrected chi connectivity index (χ1v) is 9.07. The van der Waals surface area contributed by atoms with E-state index in [-0.39, 0.29) is 17.6 Å². The highest BCUT2D eigenvalue weighted by atomic mass is 32.1. The standard InChI is InChI=1S/C16H16N6O4S/c1-3-21-13-12(14(25)19-15(21)26)22(7-11(23)24)10(18-13)4-9-6-20-5-8(2)27-16(20)17-9/h5-6H,3-4,7H2,1-2H3,(H,23,24)(H,19,25,26). The van der Waals surface area contributed by atoms with Crippen molar-refractivity contribution in [3.63, 3.8) is 0 Å². The fourth-order valence-corrected chi connectivity index (χ4v) is 3.99. The van der Waals surface area contributed by atoms with Crippen LogP contribution >= 0.6 is 11.3 Å². The van der Waals surface area contributed by atoms with E-state index in [2.05, 4.69) is 15.0 Å². The molecular weight excluding hydrogens is 372 g/mol. The molecule has 11 heteroatoms. The molecule has 0 saturated heterocycles. The minimum atomic E-state index is -1.11. The zero-order valence-corrected chi connectivity index (χ0v) is 15.4. The Bertz CT molecular complexity index is 1270. The lowest BCUT2D eigenvalue weighted by atomic mass is 10.3. The first-order valence-electron chi connectivity index (χ1n) is 8.25. The number of H-pyrrole nitrogens is 1. The number of hydrogen-bond acceptors (Lipinski definition) is 6. The Hall–Kier alpha value is -3.21. The van der Waals surface area contributed by atoms with Crippen LogP contribution < -0.4 is 11.2 Å². The van der Waals surface area contributed by atoms with Gasteiger partial charge in [0.15, 0.2) is 16.1 Å². The molecule has 4 aromatic rings. The first kappa shape index (κ1) is 17.2. The van der Waals surface area contributed by atoms with Gasteiger partial charge in [0.2, 0.25) is 0 Å². The molecule has 4 heterocycles. The van der Waals surface area contributed by atoms with Crippen molar-refractivity contribution in [1.29, 1.82) is 0 Å². The molecule has 0 amide bonds. The van der Waals surface area contributed by atoms with E-state index in [0.29, 0.717) is 18.1 Å². The Kier molecular flexibility index (Phi) is 3.95. The van der Waals surface area contributed by atoms with Crippen LogP contribution in [0.1, 0.15) is 23.3 Å². The van der Waals surface area contributed by atoms with Crippen LogP contribution in [-0.4, -0.2) is 39.6 Å². The predicted octanol–water partition coefficient (Wildman–Crippen LogP) is 0.599. The number of fused-ring (bicyclic) bond motifs is 2. The molecule has 0 fully saturated rings. The second-order valence-corrected chi connectivity index (χ2v) is 7.34. The lowest BCUT2D eigenvalue weighted by molar-refractivity contribution is -0.137. The van der Waals surface area contributed by atoms with Gasteiger partial charge in [-0.2, -0.15) is 0 Å². The zero-order chi connectivity index (χ0) is 19.3. The number of rotatable bonds is 5. The van der Waals surface area contributed by atoms with E-state index in [4.69, 9.17) is 0 Å². The summed E-state index contributed by atoms with van der Waals surface area (Å²) in [6, 6.07) is 0. The highest BCUT2D eigenvalue weighted by Gasteiger charge is 2.20. The van der Waals surface area contributed by atoms with Crippen LogP contribution in [0.4, 0.5) is 0 Å². The topological polar surface area (TPSA) is 127 Å². The van der Waals surface area contributed by atoms with Crippen LogP contribution in [0.2, 0.25) is 0 Å². The van der Waals surface area contributed by atoms with E-state index in [1.807, 2.05) is 23.7 Å². The number of aliphatic carboxylic acids is 1.